The number of pyridine rings is 2. The fourth-order valence-electron chi connectivity index (χ4n) is 4.48. The number of aromatic amines is 2. The number of para-hydroxylation sites is 1. The Bertz CT molecular complexity index is 1330. The molecular formula is C25H23N5O. The number of hydrogen-bond donors (Lipinski definition) is 2. The molecule has 0 atom stereocenters. The molecule has 6 heteroatoms. The fraction of sp³-hybridized carbons (Fsp3) is 0.240. The Kier molecular flexibility index (Phi) is 4.41. The SMILES string of the molecule is c1ccc2[nH]c(-c3n[nH]c4ncc(-c5cncc(OC6CCCCC6)c5)cc34)cc2c1. The standard InChI is InChI=1S/C25H23N5O/c1-2-7-19(8-3-1)31-20-10-17(13-26-15-20)18-11-21-24(29-30-25(21)27-14-18)23-12-16-6-4-5-9-22(16)28-23/h4-6,9-15,19,28H,1-3,7-8H2,(H,27,29,30). The van der Waals surface area contributed by atoms with Crippen LogP contribution in [0.2, 0.25) is 0 Å². The zero-order valence-corrected chi connectivity index (χ0v) is 17.1. The van der Waals surface area contributed by atoms with E-state index in [1.54, 1.807) is 6.20 Å². The molecule has 6 rings (SSSR count). The number of nitrogens with one attached hydrogen (secondary N) is 2. The van der Waals surface area contributed by atoms with Crippen molar-refractivity contribution >= 4 is 21.9 Å². The van der Waals surface area contributed by atoms with E-state index in [9.17, 15) is 0 Å². The summed E-state index contributed by atoms with van der Waals surface area (Å²) < 4.78 is 6.21. The van der Waals surface area contributed by atoms with E-state index in [2.05, 4.69) is 55.5 Å². The van der Waals surface area contributed by atoms with Crippen LogP contribution in [0.15, 0.2) is 61.1 Å². The fourth-order valence-corrected chi connectivity index (χ4v) is 4.48. The zero-order valence-electron chi connectivity index (χ0n) is 17.1. The van der Waals surface area contributed by atoms with Gasteiger partial charge in [-0.25, -0.2) is 4.98 Å². The molecule has 2 N–H and O–H groups in total. The van der Waals surface area contributed by atoms with Gasteiger partial charge < -0.3 is 9.72 Å². The van der Waals surface area contributed by atoms with Crippen molar-refractivity contribution in [3.63, 3.8) is 0 Å². The quantitative estimate of drug-likeness (QED) is 0.388. The molecular weight excluding hydrogens is 386 g/mol. The third-order valence-electron chi connectivity index (χ3n) is 6.10. The number of ether oxygens (including phenoxy) is 1. The van der Waals surface area contributed by atoms with Gasteiger partial charge in [0.15, 0.2) is 5.65 Å². The molecule has 6 nitrogen and oxygen atoms in total. The molecule has 0 spiro atoms. The first kappa shape index (κ1) is 18.1. The van der Waals surface area contributed by atoms with E-state index in [-0.39, 0.29) is 0 Å². The Morgan fingerprint density at radius 2 is 1.77 bits per heavy atom. The van der Waals surface area contributed by atoms with Gasteiger partial charge in [-0.2, -0.15) is 5.10 Å². The molecule has 1 aliphatic carbocycles. The van der Waals surface area contributed by atoms with Gasteiger partial charge in [0.1, 0.15) is 11.4 Å². The molecule has 0 saturated heterocycles. The van der Waals surface area contributed by atoms with Crippen molar-refractivity contribution < 1.29 is 4.74 Å². The second kappa shape index (κ2) is 7.54. The summed E-state index contributed by atoms with van der Waals surface area (Å²) in [6.07, 6.45) is 11.9. The summed E-state index contributed by atoms with van der Waals surface area (Å²) in [5, 5.41) is 9.72. The third kappa shape index (κ3) is 3.44. The van der Waals surface area contributed by atoms with Crippen LogP contribution < -0.4 is 4.74 Å². The van der Waals surface area contributed by atoms with Crippen molar-refractivity contribution in [3.05, 3.63) is 61.1 Å². The van der Waals surface area contributed by atoms with E-state index in [4.69, 9.17) is 4.74 Å². The minimum atomic E-state index is 0.300. The lowest BCUT2D eigenvalue weighted by Gasteiger charge is -2.23. The van der Waals surface area contributed by atoms with Crippen LogP contribution in [0.3, 0.4) is 0 Å². The summed E-state index contributed by atoms with van der Waals surface area (Å²) in [4.78, 5) is 12.5. The van der Waals surface area contributed by atoms with Gasteiger partial charge in [0.25, 0.3) is 0 Å². The lowest BCUT2D eigenvalue weighted by Crippen LogP contribution is -2.19. The maximum Gasteiger partial charge on any atom is 0.155 e. The lowest BCUT2D eigenvalue weighted by molar-refractivity contribution is 0.154. The predicted octanol–water partition coefficient (Wildman–Crippen LogP) is 5.88. The smallest absolute Gasteiger partial charge is 0.155 e. The van der Waals surface area contributed by atoms with Crippen LogP contribution >= 0.6 is 0 Å². The molecule has 154 valence electrons. The number of aromatic nitrogens is 5. The first-order valence-electron chi connectivity index (χ1n) is 10.9. The zero-order chi connectivity index (χ0) is 20.6. The van der Waals surface area contributed by atoms with E-state index in [1.807, 2.05) is 24.5 Å². The van der Waals surface area contributed by atoms with Crippen LogP contribution in [0.1, 0.15) is 32.1 Å². The number of H-pyrrole nitrogens is 2. The van der Waals surface area contributed by atoms with E-state index in [1.165, 1.54) is 19.3 Å². The largest absolute Gasteiger partial charge is 0.489 e. The minimum absolute atomic E-state index is 0.300. The highest BCUT2D eigenvalue weighted by atomic mass is 16.5. The Hall–Kier alpha value is -3.67. The Balaban J connectivity index is 1.36. The number of benzene rings is 1. The molecule has 0 bridgehead atoms. The molecule has 5 aromatic rings. The Morgan fingerprint density at radius 1 is 0.903 bits per heavy atom. The van der Waals surface area contributed by atoms with E-state index < -0.39 is 0 Å². The molecule has 1 aromatic carbocycles. The minimum Gasteiger partial charge on any atom is -0.489 e. The van der Waals surface area contributed by atoms with Gasteiger partial charge in [-0.15, -0.1) is 0 Å². The van der Waals surface area contributed by atoms with Crippen molar-refractivity contribution in [3.8, 4) is 28.3 Å². The maximum absolute atomic E-state index is 6.21. The number of rotatable bonds is 4. The molecule has 0 unspecified atom stereocenters. The van der Waals surface area contributed by atoms with Gasteiger partial charge in [0.05, 0.1) is 18.0 Å². The summed E-state index contributed by atoms with van der Waals surface area (Å²) in [7, 11) is 0. The Labute approximate surface area is 179 Å². The summed E-state index contributed by atoms with van der Waals surface area (Å²) in [5.41, 5.74) is 5.68. The second-order valence-corrected chi connectivity index (χ2v) is 8.25. The van der Waals surface area contributed by atoms with Crippen molar-refractivity contribution in [1.29, 1.82) is 0 Å². The van der Waals surface area contributed by atoms with Gasteiger partial charge in [0, 0.05) is 39.8 Å². The van der Waals surface area contributed by atoms with E-state index in [0.717, 1.165) is 63.0 Å². The summed E-state index contributed by atoms with van der Waals surface area (Å²) >= 11 is 0. The molecule has 4 aromatic heterocycles. The highest BCUT2D eigenvalue weighted by Crippen LogP contribution is 2.32. The van der Waals surface area contributed by atoms with Crippen LogP contribution in [0.4, 0.5) is 0 Å². The second-order valence-electron chi connectivity index (χ2n) is 8.25. The third-order valence-corrected chi connectivity index (χ3v) is 6.10. The van der Waals surface area contributed by atoms with Gasteiger partial charge >= 0.3 is 0 Å². The molecule has 0 amide bonds. The monoisotopic (exact) mass is 409 g/mol. The van der Waals surface area contributed by atoms with Crippen LogP contribution in [0.25, 0.3) is 44.5 Å². The summed E-state index contributed by atoms with van der Waals surface area (Å²) in [5.74, 6) is 0.826. The summed E-state index contributed by atoms with van der Waals surface area (Å²) in [6.45, 7) is 0. The average Bonchev–Trinajstić information content (AvgIpc) is 3.43. The topological polar surface area (TPSA) is 79.5 Å². The van der Waals surface area contributed by atoms with Crippen LogP contribution in [0.5, 0.6) is 5.75 Å². The van der Waals surface area contributed by atoms with Crippen LogP contribution in [0, 0.1) is 0 Å². The van der Waals surface area contributed by atoms with Crippen molar-refractivity contribution in [1.82, 2.24) is 25.1 Å². The number of hydrogen-bond acceptors (Lipinski definition) is 4. The Morgan fingerprint density at radius 3 is 2.68 bits per heavy atom. The summed E-state index contributed by atoms with van der Waals surface area (Å²) in [6, 6.07) is 14.5. The number of nitrogens with zero attached hydrogens (tertiary/aromatic N) is 3. The van der Waals surface area contributed by atoms with Crippen molar-refractivity contribution in [2.45, 2.75) is 38.2 Å². The van der Waals surface area contributed by atoms with Crippen molar-refractivity contribution in [2.75, 3.05) is 0 Å². The van der Waals surface area contributed by atoms with Gasteiger partial charge in [0.2, 0.25) is 0 Å². The number of fused-ring (bicyclic) bond motifs is 2. The van der Waals surface area contributed by atoms with Gasteiger partial charge in [-0.05, 0) is 49.9 Å². The van der Waals surface area contributed by atoms with Crippen LogP contribution in [-0.4, -0.2) is 31.3 Å². The first-order valence-corrected chi connectivity index (χ1v) is 10.9. The van der Waals surface area contributed by atoms with Gasteiger partial charge in [-0.3, -0.25) is 10.1 Å². The lowest BCUT2D eigenvalue weighted by atomic mass is 9.98. The molecule has 4 heterocycles. The molecule has 1 aliphatic rings. The predicted molar refractivity (Wildman–Crippen MR) is 122 cm³/mol. The molecule has 1 saturated carbocycles. The van der Waals surface area contributed by atoms with Crippen molar-refractivity contribution in [2.24, 2.45) is 0 Å². The molecule has 1 fully saturated rings. The van der Waals surface area contributed by atoms with Gasteiger partial charge in [-0.1, -0.05) is 24.6 Å². The normalized spacial score (nSPS) is 15.0. The first-order chi connectivity index (χ1) is 15.3. The highest BCUT2D eigenvalue weighted by Gasteiger charge is 2.16. The molecule has 0 aliphatic heterocycles. The van der Waals surface area contributed by atoms with E-state index >= 15 is 0 Å². The van der Waals surface area contributed by atoms with Crippen LogP contribution in [-0.2, 0) is 0 Å². The molecule has 31 heavy (non-hydrogen) atoms. The van der Waals surface area contributed by atoms with E-state index in [0.29, 0.717) is 6.10 Å². The maximum atomic E-state index is 6.21. The highest BCUT2D eigenvalue weighted by molar-refractivity contribution is 5.95. The average molecular weight is 409 g/mol. The molecule has 0 radical (unpaired) electrons.